The summed E-state index contributed by atoms with van der Waals surface area (Å²) in [4.78, 5) is 58.1. The lowest BCUT2D eigenvalue weighted by Crippen LogP contribution is -2.61. The molecular formula is C18H25NO11. The predicted octanol–water partition coefficient (Wildman–Crippen LogP) is -1.27. The second-order valence-corrected chi connectivity index (χ2v) is 6.35. The zero-order valence-corrected chi connectivity index (χ0v) is 17.2. The van der Waals surface area contributed by atoms with Gasteiger partial charge in [-0.1, -0.05) is 0 Å². The van der Waals surface area contributed by atoms with E-state index in [1.54, 1.807) is 0 Å². The number of methoxy groups -OCH3 is 1. The summed E-state index contributed by atoms with van der Waals surface area (Å²) >= 11 is 0. The van der Waals surface area contributed by atoms with Gasteiger partial charge in [0.15, 0.2) is 18.3 Å². The molecule has 0 saturated heterocycles. The molecule has 5 unspecified atom stereocenters. The first-order valence-corrected chi connectivity index (χ1v) is 8.86. The zero-order valence-electron chi connectivity index (χ0n) is 17.2. The molecule has 1 rings (SSSR count). The van der Waals surface area contributed by atoms with Crippen LogP contribution in [0.15, 0.2) is 11.8 Å². The number of aliphatic hydroxyl groups excluding tert-OH is 1. The first-order valence-electron chi connectivity index (χ1n) is 8.86. The molecule has 0 radical (unpaired) electrons. The Morgan fingerprint density at radius 2 is 1.67 bits per heavy atom. The van der Waals surface area contributed by atoms with Gasteiger partial charge in [0.05, 0.1) is 13.2 Å². The smallest absolute Gasteiger partial charge is 0.373 e. The van der Waals surface area contributed by atoms with Gasteiger partial charge in [-0.15, -0.1) is 0 Å². The maximum atomic E-state index is 11.9. The Morgan fingerprint density at radius 1 is 1.07 bits per heavy atom. The number of rotatable bonds is 8. The average molecular weight is 431 g/mol. The summed E-state index contributed by atoms with van der Waals surface area (Å²) in [6.07, 6.45) is -4.70. The highest BCUT2D eigenvalue weighted by atomic mass is 16.6. The molecule has 0 aliphatic carbocycles. The van der Waals surface area contributed by atoms with Gasteiger partial charge in [0.1, 0.15) is 12.7 Å². The van der Waals surface area contributed by atoms with Crippen LogP contribution in [0.4, 0.5) is 0 Å². The fraction of sp³-hybridized carbons (Fsp3) is 0.611. The molecule has 168 valence electrons. The highest BCUT2D eigenvalue weighted by Gasteiger charge is 2.47. The van der Waals surface area contributed by atoms with E-state index < -0.39 is 72.6 Å². The van der Waals surface area contributed by atoms with Crippen LogP contribution in [0.25, 0.3) is 0 Å². The predicted molar refractivity (Wildman–Crippen MR) is 96.3 cm³/mol. The van der Waals surface area contributed by atoms with Crippen LogP contribution in [-0.4, -0.2) is 79.1 Å². The second kappa shape index (κ2) is 11.1. The van der Waals surface area contributed by atoms with Crippen molar-refractivity contribution in [3.05, 3.63) is 11.8 Å². The van der Waals surface area contributed by atoms with Crippen molar-refractivity contribution in [1.29, 1.82) is 0 Å². The van der Waals surface area contributed by atoms with Crippen LogP contribution < -0.4 is 5.32 Å². The van der Waals surface area contributed by atoms with E-state index in [2.05, 4.69) is 10.1 Å². The van der Waals surface area contributed by atoms with E-state index in [1.165, 1.54) is 6.92 Å². The van der Waals surface area contributed by atoms with Crippen molar-refractivity contribution < 1.29 is 52.8 Å². The third kappa shape index (κ3) is 7.35. The van der Waals surface area contributed by atoms with E-state index >= 15 is 0 Å². The third-order valence-electron chi connectivity index (χ3n) is 3.82. The highest BCUT2D eigenvalue weighted by molar-refractivity contribution is 5.86. The number of hydrogen-bond acceptors (Lipinski definition) is 11. The summed E-state index contributed by atoms with van der Waals surface area (Å²) in [6, 6.07) is -1.21. The summed E-state index contributed by atoms with van der Waals surface area (Å²) in [5.74, 6) is -4.23. The Labute approximate surface area is 172 Å². The molecule has 0 aromatic carbocycles. The Hall–Kier alpha value is -3.15. The van der Waals surface area contributed by atoms with E-state index in [9.17, 15) is 29.1 Å². The summed E-state index contributed by atoms with van der Waals surface area (Å²) in [6.45, 7) is 3.91. The van der Waals surface area contributed by atoms with Gasteiger partial charge in [-0.05, 0) is 6.08 Å². The fourth-order valence-electron chi connectivity index (χ4n) is 2.76. The lowest BCUT2D eigenvalue weighted by Gasteiger charge is -2.40. The Kier molecular flexibility index (Phi) is 9.24. The maximum absolute atomic E-state index is 11.9. The minimum atomic E-state index is -1.48. The first kappa shape index (κ1) is 24.9. The largest absolute Gasteiger partial charge is 0.477 e. The van der Waals surface area contributed by atoms with Crippen LogP contribution >= 0.6 is 0 Å². The molecule has 1 amide bonds. The van der Waals surface area contributed by atoms with Gasteiger partial charge in [-0.2, -0.15) is 0 Å². The molecule has 0 bridgehead atoms. The van der Waals surface area contributed by atoms with Gasteiger partial charge in [-0.25, -0.2) is 4.79 Å². The zero-order chi connectivity index (χ0) is 23.0. The topological polar surface area (TPSA) is 164 Å². The Morgan fingerprint density at radius 3 is 2.13 bits per heavy atom. The van der Waals surface area contributed by atoms with Gasteiger partial charge in [0, 0.05) is 27.7 Å². The van der Waals surface area contributed by atoms with E-state index in [-0.39, 0.29) is 0 Å². The molecule has 0 aromatic heterocycles. The monoisotopic (exact) mass is 431 g/mol. The number of carbonyl (C=O) groups is 5. The van der Waals surface area contributed by atoms with Crippen LogP contribution in [-0.2, 0) is 47.7 Å². The molecule has 1 aliphatic rings. The number of hydrogen-bond donors (Lipinski definition) is 2. The van der Waals surface area contributed by atoms with Crippen LogP contribution in [0.2, 0.25) is 0 Å². The molecule has 0 aromatic rings. The number of aliphatic hydroxyl groups is 1. The van der Waals surface area contributed by atoms with Gasteiger partial charge in [0.2, 0.25) is 11.7 Å². The summed E-state index contributed by atoms with van der Waals surface area (Å²) in [5.41, 5.74) is 0. The molecule has 0 fully saturated rings. The van der Waals surface area contributed by atoms with Gasteiger partial charge < -0.3 is 34.1 Å². The Bertz CT molecular complexity index is 717. The SMILES string of the molecule is COC(=O)C1=CC(O)C(NC(C)=O)C(C(OC(C)=O)C(COC(C)=O)OC(C)=O)O1. The standard InChI is InChI=1S/C18H25NO11/c1-8(20)19-15-12(24)6-13(18(25)26-5)30-17(15)16(29-11(4)23)14(28-10(3)22)7-27-9(2)21/h6,12,14-17,24H,7H2,1-5H3,(H,19,20). The molecule has 2 N–H and O–H groups in total. The summed E-state index contributed by atoms with van der Waals surface area (Å²) in [7, 11) is 1.08. The van der Waals surface area contributed by atoms with Gasteiger partial charge >= 0.3 is 23.9 Å². The van der Waals surface area contributed by atoms with Crippen molar-refractivity contribution in [2.45, 2.75) is 58.2 Å². The molecule has 1 heterocycles. The van der Waals surface area contributed by atoms with E-state index in [0.717, 1.165) is 34.0 Å². The van der Waals surface area contributed by atoms with E-state index in [4.69, 9.17) is 18.9 Å². The van der Waals surface area contributed by atoms with Gasteiger partial charge in [0.25, 0.3) is 0 Å². The Balaban J connectivity index is 3.41. The normalized spacial score (nSPS) is 22.3. The van der Waals surface area contributed by atoms with Crippen LogP contribution in [0, 0.1) is 0 Å². The van der Waals surface area contributed by atoms with Crippen LogP contribution in [0.3, 0.4) is 0 Å². The quantitative estimate of drug-likeness (QED) is 0.348. The minimum Gasteiger partial charge on any atom is -0.477 e. The molecule has 30 heavy (non-hydrogen) atoms. The lowest BCUT2D eigenvalue weighted by atomic mass is 9.93. The second-order valence-electron chi connectivity index (χ2n) is 6.35. The highest BCUT2D eigenvalue weighted by Crippen LogP contribution is 2.26. The van der Waals surface area contributed by atoms with Crippen molar-refractivity contribution in [1.82, 2.24) is 5.32 Å². The molecule has 12 nitrogen and oxygen atoms in total. The number of esters is 4. The van der Waals surface area contributed by atoms with E-state index in [1.807, 2.05) is 0 Å². The first-order chi connectivity index (χ1) is 14.0. The summed E-state index contributed by atoms with van der Waals surface area (Å²) in [5, 5.41) is 12.9. The van der Waals surface area contributed by atoms with Crippen molar-refractivity contribution >= 4 is 29.8 Å². The van der Waals surface area contributed by atoms with Crippen LogP contribution in [0.1, 0.15) is 27.7 Å². The van der Waals surface area contributed by atoms with Crippen molar-refractivity contribution in [3.8, 4) is 0 Å². The number of amides is 1. The number of ether oxygens (including phenoxy) is 5. The molecule has 5 atom stereocenters. The maximum Gasteiger partial charge on any atom is 0.373 e. The lowest BCUT2D eigenvalue weighted by molar-refractivity contribution is -0.190. The molecule has 0 spiro atoms. The molecule has 0 saturated carbocycles. The fourth-order valence-corrected chi connectivity index (χ4v) is 2.76. The minimum absolute atomic E-state index is 0.414. The van der Waals surface area contributed by atoms with Gasteiger partial charge in [-0.3, -0.25) is 19.2 Å². The van der Waals surface area contributed by atoms with E-state index in [0.29, 0.717) is 0 Å². The van der Waals surface area contributed by atoms with Crippen LogP contribution in [0.5, 0.6) is 0 Å². The molecule has 12 heteroatoms. The number of carbonyl (C=O) groups excluding carboxylic acids is 5. The van der Waals surface area contributed by atoms with Crippen molar-refractivity contribution in [2.24, 2.45) is 0 Å². The molecular weight excluding hydrogens is 406 g/mol. The van der Waals surface area contributed by atoms with Crippen molar-refractivity contribution in [3.63, 3.8) is 0 Å². The third-order valence-corrected chi connectivity index (χ3v) is 3.82. The molecule has 1 aliphatic heterocycles. The van der Waals surface area contributed by atoms with Crippen molar-refractivity contribution in [2.75, 3.05) is 13.7 Å². The average Bonchev–Trinajstić information content (AvgIpc) is 2.63. The number of nitrogens with one attached hydrogen (secondary N) is 1. The summed E-state index contributed by atoms with van der Waals surface area (Å²) < 4.78 is 25.4.